The highest BCUT2D eigenvalue weighted by Gasteiger charge is 2.00. The van der Waals surface area contributed by atoms with Crippen molar-refractivity contribution < 1.29 is 9.90 Å². The Kier molecular flexibility index (Phi) is 3.03. The van der Waals surface area contributed by atoms with Gasteiger partial charge in [-0.05, 0) is 13.0 Å². The first-order valence-electron chi connectivity index (χ1n) is 4.02. The molecule has 1 rings (SSSR count). The zero-order chi connectivity index (χ0) is 10.6. The molecule has 0 aliphatic rings. The number of aliphatic hydroxyl groups excluding tert-OH is 1. The Morgan fingerprint density at radius 2 is 2.29 bits per heavy atom. The molecule has 0 spiro atoms. The summed E-state index contributed by atoms with van der Waals surface area (Å²) >= 11 is 0. The Morgan fingerprint density at radius 1 is 1.57 bits per heavy atom. The maximum atomic E-state index is 10.7. The van der Waals surface area contributed by atoms with Crippen molar-refractivity contribution in [1.29, 1.82) is 0 Å². The molecule has 3 heteroatoms. The van der Waals surface area contributed by atoms with Gasteiger partial charge in [-0.15, -0.1) is 0 Å². The lowest BCUT2D eigenvalue weighted by atomic mass is 10.1. The maximum absolute atomic E-state index is 10.7. The van der Waals surface area contributed by atoms with Crippen LogP contribution in [0.15, 0.2) is 30.3 Å². The minimum Gasteiger partial charge on any atom is -0.507 e. The van der Waals surface area contributed by atoms with Crippen molar-refractivity contribution in [3.05, 3.63) is 47.3 Å². The third-order valence-corrected chi connectivity index (χ3v) is 1.61. The van der Waals surface area contributed by atoms with Gasteiger partial charge >= 0.3 is 0 Å². The summed E-state index contributed by atoms with van der Waals surface area (Å²) < 4.78 is 0. The topological polar surface area (TPSA) is 41.7 Å². The van der Waals surface area contributed by atoms with Crippen LogP contribution in [0.5, 0.6) is 0 Å². The van der Waals surface area contributed by atoms with Crippen LogP contribution in [-0.4, -0.2) is 10.9 Å². The Hall–Kier alpha value is -2.08. The van der Waals surface area contributed by atoms with Gasteiger partial charge < -0.3 is 5.11 Å². The second kappa shape index (κ2) is 4.24. The molecule has 3 nitrogen and oxygen atoms in total. The number of ketones is 1. The quantitative estimate of drug-likeness (QED) is 0.439. The van der Waals surface area contributed by atoms with E-state index in [0.717, 1.165) is 6.08 Å². The van der Waals surface area contributed by atoms with E-state index < -0.39 is 0 Å². The number of aliphatic hydroxyl groups is 1. The average molecular weight is 187 g/mol. The van der Waals surface area contributed by atoms with E-state index in [-0.39, 0.29) is 11.5 Å². The molecule has 0 bridgehead atoms. The summed E-state index contributed by atoms with van der Waals surface area (Å²) in [5, 5.41) is 9.45. The molecule has 70 valence electrons. The van der Waals surface area contributed by atoms with Crippen LogP contribution in [0.25, 0.3) is 10.6 Å². The first-order valence-corrected chi connectivity index (χ1v) is 4.02. The van der Waals surface area contributed by atoms with Gasteiger partial charge in [-0.3, -0.25) is 4.79 Å². The van der Waals surface area contributed by atoms with Crippen molar-refractivity contribution in [3.63, 3.8) is 0 Å². The molecule has 0 atom stereocenters. The molecule has 0 heterocycles. The van der Waals surface area contributed by atoms with Crippen LogP contribution in [0, 0.1) is 6.57 Å². The Balaban J connectivity index is 3.09. The molecule has 0 aromatic heterocycles. The Morgan fingerprint density at radius 3 is 2.86 bits per heavy atom. The summed E-state index contributed by atoms with van der Waals surface area (Å²) in [6, 6.07) is 6.47. The normalized spacial score (nSPS) is 10.7. The van der Waals surface area contributed by atoms with E-state index in [0.29, 0.717) is 11.3 Å². The molecule has 0 amide bonds. The van der Waals surface area contributed by atoms with Crippen molar-refractivity contribution in [2.24, 2.45) is 0 Å². The molecule has 0 saturated carbocycles. The monoisotopic (exact) mass is 187 g/mol. The van der Waals surface area contributed by atoms with Crippen LogP contribution in [0.2, 0.25) is 0 Å². The summed E-state index contributed by atoms with van der Waals surface area (Å²) in [4.78, 5) is 13.9. The Bertz CT molecular complexity index is 427. The molecule has 0 aliphatic heterocycles. The largest absolute Gasteiger partial charge is 0.507 e. The number of benzene rings is 1. The fourth-order valence-electron chi connectivity index (χ4n) is 1.01. The average Bonchev–Trinajstić information content (AvgIpc) is 2.17. The summed E-state index contributed by atoms with van der Waals surface area (Å²) in [7, 11) is 0. The standard InChI is InChI=1S/C11H9NO2/c1-8(13)6-11(14)9-4-3-5-10(7-9)12-2/h3-7,14H,1H3/b11-6-. The van der Waals surface area contributed by atoms with Crippen molar-refractivity contribution in [2.45, 2.75) is 6.92 Å². The van der Waals surface area contributed by atoms with Crippen molar-refractivity contribution >= 4 is 17.2 Å². The highest BCUT2D eigenvalue weighted by Crippen LogP contribution is 2.18. The van der Waals surface area contributed by atoms with Crippen LogP contribution in [0.1, 0.15) is 12.5 Å². The van der Waals surface area contributed by atoms with Crippen molar-refractivity contribution in [2.75, 3.05) is 0 Å². The molecule has 1 N–H and O–H groups in total. The van der Waals surface area contributed by atoms with Gasteiger partial charge in [-0.2, -0.15) is 0 Å². The van der Waals surface area contributed by atoms with Crippen LogP contribution < -0.4 is 0 Å². The third kappa shape index (κ3) is 2.46. The molecule has 0 saturated heterocycles. The molecule has 1 aromatic rings. The van der Waals surface area contributed by atoms with E-state index in [1.54, 1.807) is 18.2 Å². The van der Waals surface area contributed by atoms with E-state index in [4.69, 9.17) is 6.57 Å². The van der Waals surface area contributed by atoms with E-state index in [2.05, 4.69) is 4.85 Å². The molecule has 1 aromatic carbocycles. The summed E-state index contributed by atoms with van der Waals surface area (Å²) in [6.07, 6.45) is 1.13. The number of hydrogen-bond acceptors (Lipinski definition) is 2. The lowest BCUT2D eigenvalue weighted by Gasteiger charge is -1.99. The molecule has 14 heavy (non-hydrogen) atoms. The zero-order valence-corrected chi connectivity index (χ0v) is 7.69. The van der Waals surface area contributed by atoms with Crippen molar-refractivity contribution in [3.8, 4) is 0 Å². The van der Waals surface area contributed by atoms with Crippen LogP contribution in [-0.2, 0) is 4.79 Å². The number of nitrogens with zero attached hydrogens (tertiary/aromatic N) is 1. The van der Waals surface area contributed by atoms with Crippen molar-refractivity contribution in [1.82, 2.24) is 0 Å². The number of carbonyl (C=O) groups excluding carboxylic acids is 1. The van der Waals surface area contributed by atoms with Gasteiger partial charge in [-0.25, -0.2) is 4.85 Å². The van der Waals surface area contributed by atoms with Gasteiger partial charge in [0.1, 0.15) is 5.76 Å². The lowest BCUT2D eigenvalue weighted by Crippen LogP contribution is -1.87. The highest BCUT2D eigenvalue weighted by molar-refractivity contribution is 5.93. The molecule has 0 aliphatic carbocycles. The molecule has 0 radical (unpaired) electrons. The molecular weight excluding hydrogens is 178 g/mol. The van der Waals surface area contributed by atoms with Crippen LogP contribution in [0.3, 0.4) is 0 Å². The lowest BCUT2D eigenvalue weighted by molar-refractivity contribution is -0.112. The van der Waals surface area contributed by atoms with E-state index in [1.165, 1.54) is 13.0 Å². The van der Waals surface area contributed by atoms with Gasteiger partial charge in [0.05, 0.1) is 6.57 Å². The van der Waals surface area contributed by atoms with Gasteiger partial charge in [0.25, 0.3) is 0 Å². The predicted molar refractivity (Wildman–Crippen MR) is 54.0 cm³/mol. The molecule has 0 fully saturated rings. The first-order chi connectivity index (χ1) is 6.63. The fraction of sp³-hybridized carbons (Fsp3) is 0.0909. The summed E-state index contributed by atoms with van der Waals surface area (Å²) in [6.45, 7) is 8.14. The maximum Gasteiger partial charge on any atom is 0.187 e. The van der Waals surface area contributed by atoms with E-state index >= 15 is 0 Å². The number of rotatable bonds is 2. The Labute approximate surface area is 82.1 Å². The molecule has 0 unspecified atom stereocenters. The number of hydrogen-bond donors (Lipinski definition) is 1. The zero-order valence-electron chi connectivity index (χ0n) is 7.69. The summed E-state index contributed by atoms with van der Waals surface area (Å²) in [5.41, 5.74) is 0.916. The number of allylic oxidation sites excluding steroid dienone is 1. The highest BCUT2D eigenvalue weighted by atomic mass is 16.3. The van der Waals surface area contributed by atoms with Gasteiger partial charge in [0, 0.05) is 11.6 Å². The summed E-state index contributed by atoms with van der Waals surface area (Å²) in [5.74, 6) is -0.335. The third-order valence-electron chi connectivity index (χ3n) is 1.61. The minimum absolute atomic E-state index is 0.108. The fourth-order valence-corrected chi connectivity index (χ4v) is 1.01. The van der Waals surface area contributed by atoms with Gasteiger partial charge in [0.2, 0.25) is 0 Å². The SMILES string of the molecule is [C-]#[N+]c1cccc(/C(O)=C/C(C)=O)c1. The van der Waals surface area contributed by atoms with E-state index in [1.807, 2.05) is 0 Å². The van der Waals surface area contributed by atoms with Gasteiger partial charge in [0.15, 0.2) is 11.5 Å². The minimum atomic E-state index is -0.226. The second-order valence-electron chi connectivity index (χ2n) is 2.80. The van der Waals surface area contributed by atoms with Crippen LogP contribution >= 0.6 is 0 Å². The number of carbonyl (C=O) groups is 1. The molecular formula is C11H9NO2. The van der Waals surface area contributed by atoms with Crippen LogP contribution in [0.4, 0.5) is 5.69 Å². The predicted octanol–water partition coefficient (Wildman–Crippen LogP) is 2.73. The smallest absolute Gasteiger partial charge is 0.187 e. The van der Waals surface area contributed by atoms with E-state index in [9.17, 15) is 9.90 Å². The second-order valence-corrected chi connectivity index (χ2v) is 2.80. The van der Waals surface area contributed by atoms with Gasteiger partial charge in [-0.1, -0.05) is 18.2 Å². The first kappa shape index (κ1) is 10.0.